The number of hydrogen-bond donors (Lipinski definition) is 0. The number of aromatic nitrogens is 2. The van der Waals surface area contributed by atoms with Crippen molar-refractivity contribution >= 4 is 38.1 Å². The molecule has 2 aliphatic heterocycles. The molecule has 0 aliphatic carbocycles. The predicted octanol–water partition coefficient (Wildman–Crippen LogP) is 0.101. The van der Waals surface area contributed by atoms with Crippen molar-refractivity contribution in [3.8, 4) is 0 Å². The minimum atomic E-state index is -3.03. The van der Waals surface area contributed by atoms with E-state index in [-0.39, 0.29) is 42.8 Å². The Morgan fingerprint density at radius 1 is 1.29 bits per heavy atom. The average molecular weight is 372 g/mol. The molecule has 0 aromatic carbocycles. The van der Waals surface area contributed by atoms with Gasteiger partial charge in [-0.05, 0) is 6.42 Å². The molecule has 10 heteroatoms. The summed E-state index contributed by atoms with van der Waals surface area (Å²) >= 11 is 1.39. The second kappa shape index (κ2) is 6.75. The fraction of sp³-hybridized carbons (Fsp3) is 0.714. The lowest BCUT2D eigenvalue weighted by Gasteiger charge is -2.28. The van der Waals surface area contributed by atoms with Gasteiger partial charge in [-0.2, -0.15) is 0 Å². The number of anilines is 1. The van der Waals surface area contributed by atoms with E-state index in [2.05, 4.69) is 17.1 Å². The van der Waals surface area contributed by atoms with Crippen LogP contribution in [0.1, 0.15) is 24.8 Å². The Bertz CT molecular complexity index is 732. The first-order valence-corrected chi connectivity index (χ1v) is 10.7. The minimum absolute atomic E-state index is 0.000101. The molecule has 0 spiro atoms. The van der Waals surface area contributed by atoms with Gasteiger partial charge in [0.2, 0.25) is 16.9 Å². The Balaban J connectivity index is 1.64. The summed E-state index contributed by atoms with van der Waals surface area (Å²) in [6.45, 7) is 2.77. The third-order valence-electron chi connectivity index (χ3n) is 4.28. The monoisotopic (exact) mass is 372 g/mol. The molecule has 3 rings (SSSR count). The number of carbonyl (C=O) groups is 2. The standard InChI is InChI=1S/C14H20N4O4S2/c1-2-3-11-15-16-14(23-11)18-9-10(8-12(18)19)13(20)17-4-6-24(21,22)7-5-17/h10H,2-9H2,1H3. The molecule has 132 valence electrons. The zero-order valence-electron chi connectivity index (χ0n) is 13.5. The maximum absolute atomic E-state index is 12.6. The SMILES string of the molecule is CCCc1nnc(N2CC(C(=O)N3CCS(=O)(=O)CC3)CC2=O)s1. The van der Waals surface area contributed by atoms with Crippen molar-refractivity contribution in [1.29, 1.82) is 0 Å². The van der Waals surface area contributed by atoms with E-state index < -0.39 is 15.8 Å². The zero-order valence-corrected chi connectivity index (χ0v) is 15.1. The van der Waals surface area contributed by atoms with E-state index in [1.54, 1.807) is 4.90 Å². The van der Waals surface area contributed by atoms with E-state index in [0.717, 1.165) is 17.8 Å². The Kier molecular flexibility index (Phi) is 4.86. The molecule has 1 unspecified atom stereocenters. The number of amides is 2. The van der Waals surface area contributed by atoms with Crippen LogP contribution in [0.5, 0.6) is 0 Å². The number of rotatable bonds is 4. The van der Waals surface area contributed by atoms with E-state index in [4.69, 9.17) is 0 Å². The molecular formula is C14H20N4O4S2. The summed E-state index contributed by atoms with van der Waals surface area (Å²) < 4.78 is 22.9. The second-order valence-corrected chi connectivity index (χ2v) is 9.46. The van der Waals surface area contributed by atoms with Crippen LogP contribution in [0, 0.1) is 5.92 Å². The predicted molar refractivity (Wildman–Crippen MR) is 89.6 cm³/mol. The lowest BCUT2D eigenvalue weighted by molar-refractivity contribution is -0.135. The van der Waals surface area contributed by atoms with Crippen molar-refractivity contribution in [1.82, 2.24) is 15.1 Å². The van der Waals surface area contributed by atoms with E-state index in [1.807, 2.05) is 0 Å². The maximum Gasteiger partial charge on any atom is 0.229 e. The molecule has 0 bridgehead atoms. The van der Waals surface area contributed by atoms with E-state index in [9.17, 15) is 18.0 Å². The first-order valence-electron chi connectivity index (χ1n) is 8.01. The normalized spacial score (nSPS) is 23.7. The third-order valence-corrected chi connectivity index (χ3v) is 6.90. The summed E-state index contributed by atoms with van der Waals surface area (Å²) in [5.41, 5.74) is 0. The summed E-state index contributed by atoms with van der Waals surface area (Å²) in [4.78, 5) is 27.9. The van der Waals surface area contributed by atoms with Crippen LogP contribution in [0.2, 0.25) is 0 Å². The second-order valence-electron chi connectivity index (χ2n) is 6.11. The largest absolute Gasteiger partial charge is 0.340 e. The van der Waals surface area contributed by atoms with Crippen LogP contribution >= 0.6 is 11.3 Å². The van der Waals surface area contributed by atoms with Crippen molar-refractivity contribution in [2.75, 3.05) is 36.0 Å². The van der Waals surface area contributed by atoms with Gasteiger partial charge in [-0.25, -0.2) is 8.42 Å². The molecule has 0 saturated carbocycles. The van der Waals surface area contributed by atoms with E-state index >= 15 is 0 Å². The van der Waals surface area contributed by atoms with Crippen LogP contribution in [-0.2, 0) is 25.8 Å². The molecular weight excluding hydrogens is 352 g/mol. The van der Waals surface area contributed by atoms with Crippen molar-refractivity contribution in [2.45, 2.75) is 26.2 Å². The Morgan fingerprint density at radius 3 is 2.67 bits per heavy atom. The Hall–Kier alpha value is -1.55. The number of sulfone groups is 1. The van der Waals surface area contributed by atoms with Gasteiger partial charge in [0.1, 0.15) is 5.01 Å². The molecule has 2 saturated heterocycles. The van der Waals surface area contributed by atoms with Gasteiger partial charge in [-0.1, -0.05) is 18.3 Å². The maximum atomic E-state index is 12.6. The highest BCUT2D eigenvalue weighted by atomic mass is 32.2. The highest BCUT2D eigenvalue weighted by Crippen LogP contribution is 2.29. The van der Waals surface area contributed by atoms with Crippen LogP contribution in [0.25, 0.3) is 0 Å². The number of carbonyl (C=O) groups excluding carboxylic acids is 2. The van der Waals surface area contributed by atoms with Crippen molar-refractivity contribution in [3.05, 3.63) is 5.01 Å². The molecule has 2 amide bonds. The molecule has 1 aromatic rings. The van der Waals surface area contributed by atoms with Gasteiger partial charge in [0.25, 0.3) is 0 Å². The minimum Gasteiger partial charge on any atom is -0.340 e. The number of nitrogens with zero attached hydrogens (tertiary/aromatic N) is 4. The molecule has 1 aromatic heterocycles. The number of hydrogen-bond acceptors (Lipinski definition) is 7. The van der Waals surface area contributed by atoms with Crippen molar-refractivity contribution < 1.29 is 18.0 Å². The zero-order chi connectivity index (χ0) is 17.3. The highest BCUT2D eigenvalue weighted by molar-refractivity contribution is 7.91. The smallest absolute Gasteiger partial charge is 0.229 e. The lowest BCUT2D eigenvalue weighted by Crippen LogP contribution is -2.46. The third kappa shape index (κ3) is 3.59. The molecule has 0 N–H and O–H groups in total. The lowest BCUT2D eigenvalue weighted by atomic mass is 10.1. The summed E-state index contributed by atoms with van der Waals surface area (Å²) in [5, 5.41) is 9.56. The van der Waals surface area contributed by atoms with Gasteiger partial charge in [-0.15, -0.1) is 10.2 Å². The highest BCUT2D eigenvalue weighted by Gasteiger charge is 2.39. The Labute approximate surface area is 144 Å². The molecule has 2 aliphatic rings. The molecule has 2 fully saturated rings. The quantitative estimate of drug-likeness (QED) is 0.743. The van der Waals surface area contributed by atoms with Gasteiger partial charge in [0.05, 0.1) is 17.4 Å². The average Bonchev–Trinajstić information content (AvgIpc) is 3.13. The van der Waals surface area contributed by atoms with Crippen molar-refractivity contribution in [2.24, 2.45) is 5.92 Å². The number of aryl methyl sites for hydroxylation is 1. The summed E-state index contributed by atoms with van der Waals surface area (Å²) in [5.74, 6) is -0.701. The van der Waals surface area contributed by atoms with Gasteiger partial charge in [0, 0.05) is 32.5 Å². The summed E-state index contributed by atoms with van der Waals surface area (Å²) in [7, 11) is -3.03. The van der Waals surface area contributed by atoms with Gasteiger partial charge < -0.3 is 4.90 Å². The fourth-order valence-electron chi connectivity index (χ4n) is 2.92. The first kappa shape index (κ1) is 17.3. The van der Waals surface area contributed by atoms with Crippen LogP contribution in [-0.4, -0.2) is 66.5 Å². The summed E-state index contributed by atoms with van der Waals surface area (Å²) in [6, 6.07) is 0. The molecule has 8 nitrogen and oxygen atoms in total. The first-order chi connectivity index (χ1) is 11.4. The van der Waals surface area contributed by atoms with E-state index in [1.165, 1.54) is 16.2 Å². The Morgan fingerprint density at radius 2 is 2.00 bits per heavy atom. The molecule has 3 heterocycles. The van der Waals surface area contributed by atoms with Crippen molar-refractivity contribution in [3.63, 3.8) is 0 Å². The topological polar surface area (TPSA) is 101 Å². The van der Waals surface area contributed by atoms with Gasteiger partial charge in [-0.3, -0.25) is 14.5 Å². The van der Waals surface area contributed by atoms with Gasteiger partial charge in [0.15, 0.2) is 9.84 Å². The van der Waals surface area contributed by atoms with Crippen LogP contribution in [0.4, 0.5) is 5.13 Å². The van der Waals surface area contributed by atoms with Crippen LogP contribution in [0.3, 0.4) is 0 Å². The molecule has 0 radical (unpaired) electrons. The van der Waals surface area contributed by atoms with Gasteiger partial charge >= 0.3 is 0 Å². The molecule has 1 atom stereocenters. The van der Waals surface area contributed by atoms with E-state index in [0.29, 0.717) is 11.7 Å². The molecule has 24 heavy (non-hydrogen) atoms. The van der Waals surface area contributed by atoms with Crippen LogP contribution in [0.15, 0.2) is 0 Å². The summed E-state index contributed by atoms with van der Waals surface area (Å²) in [6.07, 6.45) is 1.93. The van der Waals surface area contributed by atoms with Crippen LogP contribution < -0.4 is 4.90 Å². The fourth-order valence-corrected chi connectivity index (χ4v) is 5.09.